The van der Waals surface area contributed by atoms with Crippen LogP contribution in [0.3, 0.4) is 0 Å². The highest BCUT2D eigenvalue weighted by Gasteiger charge is 2.44. The fourth-order valence-electron chi connectivity index (χ4n) is 5.94. The van der Waals surface area contributed by atoms with Crippen LogP contribution in [0.2, 0.25) is 0 Å². The second kappa shape index (κ2) is 10.8. The molecule has 13 heteroatoms. The molecule has 7 rings (SSSR count). The summed E-state index contributed by atoms with van der Waals surface area (Å²) in [4.78, 5) is 41.5. The Balaban J connectivity index is 1.17. The van der Waals surface area contributed by atoms with Gasteiger partial charge < -0.3 is 20.7 Å². The molecule has 224 valence electrons. The van der Waals surface area contributed by atoms with Gasteiger partial charge >= 0.3 is 0 Å². The Labute approximate surface area is 251 Å². The number of nitrogens with zero attached hydrogens (tertiary/aromatic N) is 7. The minimum atomic E-state index is -0.635. The van der Waals surface area contributed by atoms with E-state index in [1.165, 1.54) is 18.2 Å². The normalized spacial score (nSPS) is 17.8. The van der Waals surface area contributed by atoms with E-state index in [-0.39, 0.29) is 28.8 Å². The standard InChI is InChI=1S/C31H30FN9O3/c1-31(17-44-18-31)30(43)39-11-2-4-20(16-39)28-38-25(26-27(33)35-10-13-40(26)28)22-6-5-19(14-23(22)32)29(42)37-24-15-21(7-9-34-24)41-12-3-8-36-41/h3,5-10,12-15,20H,2,4,11,16-18H2,1H3,(H2,33,35)(H,34,37,42)/t20-/m1/s1. The zero-order valence-corrected chi connectivity index (χ0v) is 24.0. The van der Waals surface area contributed by atoms with E-state index in [1.54, 1.807) is 53.9 Å². The number of carbonyl (C=O) groups is 2. The van der Waals surface area contributed by atoms with Gasteiger partial charge in [-0.2, -0.15) is 5.10 Å². The lowest BCUT2D eigenvalue weighted by atomic mass is 9.85. The third kappa shape index (κ3) is 4.84. The minimum Gasteiger partial charge on any atom is -0.382 e. The molecule has 0 bridgehead atoms. The molecule has 0 saturated carbocycles. The number of piperidine rings is 1. The van der Waals surface area contributed by atoms with Crippen LogP contribution in [0.1, 0.15) is 41.9 Å². The maximum Gasteiger partial charge on any atom is 0.256 e. The molecular formula is C31H30FN9O3. The molecule has 0 unspecified atom stereocenters. The first kappa shape index (κ1) is 27.7. The molecule has 0 aliphatic carbocycles. The largest absolute Gasteiger partial charge is 0.382 e. The van der Waals surface area contributed by atoms with Gasteiger partial charge in [-0.1, -0.05) is 0 Å². The van der Waals surface area contributed by atoms with Crippen molar-refractivity contribution in [3.63, 3.8) is 0 Å². The molecule has 12 nitrogen and oxygen atoms in total. The van der Waals surface area contributed by atoms with Gasteiger partial charge in [-0.3, -0.25) is 14.0 Å². The van der Waals surface area contributed by atoms with Crippen molar-refractivity contribution in [2.24, 2.45) is 5.41 Å². The number of imidazole rings is 1. The third-order valence-corrected chi connectivity index (χ3v) is 8.28. The number of ether oxygens (including phenoxy) is 1. The van der Waals surface area contributed by atoms with Crippen LogP contribution in [-0.2, 0) is 9.53 Å². The number of nitrogens with two attached hydrogens (primary N) is 1. The average molecular weight is 596 g/mol. The lowest BCUT2D eigenvalue weighted by molar-refractivity contribution is -0.169. The summed E-state index contributed by atoms with van der Waals surface area (Å²) < 4.78 is 24.6. The molecular weight excluding hydrogens is 565 g/mol. The van der Waals surface area contributed by atoms with E-state index in [9.17, 15) is 9.59 Å². The fourth-order valence-corrected chi connectivity index (χ4v) is 5.94. The third-order valence-electron chi connectivity index (χ3n) is 8.28. The molecule has 44 heavy (non-hydrogen) atoms. The van der Waals surface area contributed by atoms with Gasteiger partial charge in [0, 0.05) is 67.2 Å². The van der Waals surface area contributed by atoms with Crippen LogP contribution in [-0.4, -0.2) is 72.2 Å². The summed E-state index contributed by atoms with van der Waals surface area (Å²) in [5, 5.41) is 6.90. The summed E-state index contributed by atoms with van der Waals surface area (Å²) in [6.45, 7) is 3.94. The number of nitrogens with one attached hydrogen (secondary N) is 1. The number of pyridine rings is 1. The van der Waals surface area contributed by atoms with Crippen molar-refractivity contribution in [1.82, 2.24) is 34.0 Å². The van der Waals surface area contributed by atoms with Crippen molar-refractivity contribution in [2.75, 3.05) is 37.4 Å². The predicted octanol–water partition coefficient (Wildman–Crippen LogP) is 3.69. The summed E-state index contributed by atoms with van der Waals surface area (Å²) in [6.07, 6.45) is 9.94. The molecule has 0 radical (unpaired) electrons. The molecule has 5 aromatic rings. The van der Waals surface area contributed by atoms with E-state index in [2.05, 4.69) is 20.4 Å². The minimum absolute atomic E-state index is 0.0824. The zero-order valence-electron chi connectivity index (χ0n) is 24.0. The van der Waals surface area contributed by atoms with Crippen LogP contribution < -0.4 is 11.1 Å². The van der Waals surface area contributed by atoms with Crippen molar-refractivity contribution in [2.45, 2.75) is 25.7 Å². The monoisotopic (exact) mass is 595 g/mol. The Morgan fingerprint density at radius 1 is 1.11 bits per heavy atom. The average Bonchev–Trinajstić information content (AvgIpc) is 3.69. The molecule has 3 N–H and O–H groups in total. The van der Waals surface area contributed by atoms with Gasteiger partial charge in [0.05, 0.1) is 24.3 Å². The van der Waals surface area contributed by atoms with Gasteiger partial charge in [-0.15, -0.1) is 0 Å². The van der Waals surface area contributed by atoms with E-state index in [0.29, 0.717) is 54.8 Å². The summed E-state index contributed by atoms with van der Waals surface area (Å²) in [5.74, 6) is 0.0282. The smallest absolute Gasteiger partial charge is 0.256 e. The highest BCUT2D eigenvalue weighted by Crippen LogP contribution is 2.37. The van der Waals surface area contributed by atoms with Crippen molar-refractivity contribution >= 4 is 29.0 Å². The quantitative estimate of drug-likeness (QED) is 0.302. The first-order valence-electron chi connectivity index (χ1n) is 14.4. The van der Waals surface area contributed by atoms with Gasteiger partial charge in [0.15, 0.2) is 0 Å². The molecule has 2 aliphatic heterocycles. The molecule has 1 aromatic carbocycles. The van der Waals surface area contributed by atoms with Crippen LogP contribution >= 0.6 is 0 Å². The zero-order chi connectivity index (χ0) is 30.4. The molecule has 2 fully saturated rings. The van der Waals surface area contributed by atoms with Crippen LogP contribution in [0.15, 0.2) is 67.4 Å². The topological polar surface area (TPSA) is 146 Å². The van der Waals surface area contributed by atoms with Gasteiger partial charge in [0.2, 0.25) is 5.91 Å². The number of nitrogen functional groups attached to an aromatic ring is 1. The predicted molar refractivity (Wildman–Crippen MR) is 160 cm³/mol. The van der Waals surface area contributed by atoms with E-state index < -0.39 is 17.1 Å². The van der Waals surface area contributed by atoms with Crippen LogP contribution in [0.25, 0.3) is 22.5 Å². The number of benzene rings is 1. The van der Waals surface area contributed by atoms with E-state index in [4.69, 9.17) is 15.5 Å². The molecule has 2 amide bonds. The SMILES string of the molecule is CC1(C(=O)N2CCC[C@@H](c3nc(-c4ccc(C(=O)Nc5cc(-n6cccn6)ccn5)cc4F)c4c(N)nccn34)C2)COC1. The van der Waals surface area contributed by atoms with E-state index >= 15 is 4.39 Å². The van der Waals surface area contributed by atoms with E-state index in [0.717, 1.165) is 12.8 Å². The summed E-state index contributed by atoms with van der Waals surface area (Å²) >= 11 is 0. The summed E-state index contributed by atoms with van der Waals surface area (Å²) in [6, 6.07) is 9.44. The fraction of sp³-hybridized carbons (Fsp3) is 0.290. The van der Waals surface area contributed by atoms with Gasteiger partial charge in [-0.25, -0.2) is 24.0 Å². The Morgan fingerprint density at radius 3 is 2.73 bits per heavy atom. The molecule has 2 saturated heterocycles. The van der Waals surface area contributed by atoms with Crippen LogP contribution in [0.5, 0.6) is 0 Å². The Kier molecular flexibility index (Phi) is 6.81. The van der Waals surface area contributed by atoms with Gasteiger partial charge in [0.25, 0.3) is 5.91 Å². The Hall–Kier alpha value is -5.17. The maximum absolute atomic E-state index is 15.8. The highest BCUT2D eigenvalue weighted by molar-refractivity contribution is 6.04. The van der Waals surface area contributed by atoms with Crippen molar-refractivity contribution in [1.29, 1.82) is 0 Å². The van der Waals surface area contributed by atoms with Crippen LogP contribution in [0, 0.1) is 11.2 Å². The van der Waals surface area contributed by atoms with Gasteiger partial charge in [0.1, 0.15) is 34.5 Å². The first-order chi connectivity index (χ1) is 21.3. The number of likely N-dealkylation sites (tertiary alicyclic amines) is 1. The molecule has 1 atom stereocenters. The van der Waals surface area contributed by atoms with Gasteiger partial charge in [-0.05, 0) is 50.1 Å². The maximum atomic E-state index is 15.8. The number of carbonyl (C=O) groups excluding carboxylic acids is 2. The lowest BCUT2D eigenvalue weighted by Crippen LogP contribution is -2.55. The molecule has 4 aromatic heterocycles. The lowest BCUT2D eigenvalue weighted by Gasteiger charge is -2.42. The number of hydrogen-bond donors (Lipinski definition) is 2. The number of halogens is 1. The van der Waals surface area contributed by atoms with Crippen LogP contribution in [0.4, 0.5) is 16.0 Å². The molecule has 2 aliphatic rings. The number of aromatic nitrogens is 6. The Bertz CT molecular complexity index is 1880. The highest BCUT2D eigenvalue weighted by atomic mass is 19.1. The number of amides is 2. The number of hydrogen-bond acceptors (Lipinski definition) is 8. The Morgan fingerprint density at radius 2 is 1.98 bits per heavy atom. The summed E-state index contributed by atoms with van der Waals surface area (Å²) in [5.41, 5.74) is 7.63. The van der Waals surface area contributed by atoms with Crippen molar-refractivity contribution in [3.8, 4) is 16.9 Å². The number of rotatable bonds is 6. The number of fused-ring (bicyclic) bond motifs is 1. The summed E-state index contributed by atoms with van der Waals surface area (Å²) in [7, 11) is 0. The van der Waals surface area contributed by atoms with Crippen molar-refractivity contribution < 1.29 is 18.7 Å². The second-order valence-electron chi connectivity index (χ2n) is 11.5. The molecule has 0 spiro atoms. The van der Waals surface area contributed by atoms with E-state index in [1.807, 2.05) is 16.2 Å². The molecule has 6 heterocycles. The second-order valence-corrected chi connectivity index (χ2v) is 11.5. The number of anilines is 2. The van der Waals surface area contributed by atoms with Crippen molar-refractivity contribution in [3.05, 3.63) is 84.6 Å². The first-order valence-corrected chi connectivity index (χ1v) is 14.4.